The first-order valence-corrected chi connectivity index (χ1v) is 6.15. The Kier molecular flexibility index (Phi) is 4.53. The maximum atomic E-state index is 6.28. The zero-order valence-electron chi connectivity index (χ0n) is 10.3. The van der Waals surface area contributed by atoms with E-state index in [1.54, 1.807) is 7.11 Å². The van der Waals surface area contributed by atoms with Crippen LogP contribution in [0, 0.1) is 5.92 Å². The Balaban J connectivity index is 1.96. The second-order valence-electron chi connectivity index (χ2n) is 4.51. The number of aryl methyl sites for hydroxylation is 1. The van der Waals surface area contributed by atoms with Gasteiger partial charge in [0.1, 0.15) is 0 Å². The van der Waals surface area contributed by atoms with Crippen LogP contribution in [0.1, 0.15) is 24.6 Å². The molecule has 5 heteroatoms. The number of hydrogen-bond donors (Lipinski definition) is 1. The molecule has 0 aliphatic carbocycles. The number of rotatable bonds is 6. The SMILES string of the molecule is COCCCn1cncc1C(N)C1CCOC1. The highest BCUT2D eigenvalue weighted by molar-refractivity contribution is 5.07. The van der Waals surface area contributed by atoms with E-state index in [1.807, 2.05) is 12.5 Å². The molecule has 1 fully saturated rings. The second kappa shape index (κ2) is 6.14. The van der Waals surface area contributed by atoms with Crippen LogP contribution in [0.2, 0.25) is 0 Å². The first kappa shape index (κ1) is 12.5. The molecular formula is C12H21N3O2. The first-order chi connectivity index (χ1) is 8.33. The lowest BCUT2D eigenvalue weighted by atomic mass is 9.97. The third-order valence-electron chi connectivity index (χ3n) is 3.31. The molecule has 1 aliphatic heterocycles. The molecule has 1 aliphatic rings. The fourth-order valence-corrected chi connectivity index (χ4v) is 2.25. The van der Waals surface area contributed by atoms with E-state index in [0.29, 0.717) is 5.92 Å². The van der Waals surface area contributed by atoms with Crippen LogP contribution in [-0.4, -0.2) is 36.5 Å². The summed E-state index contributed by atoms with van der Waals surface area (Å²) in [6.45, 7) is 3.27. The number of nitrogens with zero attached hydrogens (tertiary/aromatic N) is 2. The summed E-state index contributed by atoms with van der Waals surface area (Å²) in [6.07, 6.45) is 5.74. The summed E-state index contributed by atoms with van der Waals surface area (Å²) in [4.78, 5) is 4.19. The van der Waals surface area contributed by atoms with Crippen molar-refractivity contribution in [2.24, 2.45) is 11.7 Å². The highest BCUT2D eigenvalue weighted by atomic mass is 16.5. The van der Waals surface area contributed by atoms with Gasteiger partial charge in [0.2, 0.25) is 0 Å². The third-order valence-corrected chi connectivity index (χ3v) is 3.31. The molecule has 0 amide bonds. The van der Waals surface area contributed by atoms with E-state index < -0.39 is 0 Å². The topological polar surface area (TPSA) is 62.3 Å². The minimum atomic E-state index is 0.0301. The Bertz CT molecular complexity index is 334. The van der Waals surface area contributed by atoms with E-state index >= 15 is 0 Å². The van der Waals surface area contributed by atoms with Crippen LogP contribution in [0.3, 0.4) is 0 Å². The van der Waals surface area contributed by atoms with Crippen LogP contribution < -0.4 is 5.73 Å². The van der Waals surface area contributed by atoms with Gasteiger partial charge in [0, 0.05) is 39.0 Å². The predicted molar refractivity (Wildman–Crippen MR) is 64.6 cm³/mol. The van der Waals surface area contributed by atoms with Crippen LogP contribution >= 0.6 is 0 Å². The number of hydrogen-bond acceptors (Lipinski definition) is 4. The molecule has 1 aromatic heterocycles. The lowest BCUT2D eigenvalue weighted by Crippen LogP contribution is -2.24. The maximum absolute atomic E-state index is 6.28. The van der Waals surface area contributed by atoms with Gasteiger partial charge in [-0.3, -0.25) is 0 Å². The fourth-order valence-electron chi connectivity index (χ4n) is 2.25. The third kappa shape index (κ3) is 3.06. The van der Waals surface area contributed by atoms with E-state index in [4.69, 9.17) is 15.2 Å². The Hall–Kier alpha value is -0.910. The van der Waals surface area contributed by atoms with Gasteiger partial charge in [0.05, 0.1) is 24.7 Å². The molecule has 0 saturated carbocycles. The molecule has 96 valence electrons. The molecule has 17 heavy (non-hydrogen) atoms. The van der Waals surface area contributed by atoms with Crippen molar-refractivity contribution in [2.45, 2.75) is 25.4 Å². The summed E-state index contributed by atoms with van der Waals surface area (Å²) >= 11 is 0. The van der Waals surface area contributed by atoms with Gasteiger partial charge in [-0.1, -0.05) is 0 Å². The largest absolute Gasteiger partial charge is 0.385 e. The average molecular weight is 239 g/mol. The van der Waals surface area contributed by atoms with Crippen molar-refractivity contribution in [3.05, 3.63) is 18.2 Å². The Morgan fingerprint density at radius 2 is 2.59 bits per heavy atom. The summed E-state index contributed by atoms with van der Waals surface area (Å²) in [5.74, 6) is 0.424. The lowest BCUT2D eigenvalue weighted by molar-refractivity contribution is 0.179. The van der Waals surface area contributed by atoms with Crippen LogP contribution in [0.25, 0.3) is 0 Å². The fraction of sp³-hybridized carbons (Fsp3) is 0.750. The van der Waals surface area contributed by atoms with Crippen molar-refractivity contribution in [1.29, 1.82) is 0 Å². The molecule has 1 aromatic rings. The molecular weight excluding hydrogens is 218 g/mol. The monoisotopic (exact) mass is 239 g/mol. The Morgan fingerprint density at radius 3 is 3.29 bits per heavy atom. The quantitative estimate of drug-likeness (QED) is 0.751. The second-order valence-corrected chi connectivity index (χ2v) is 4.51. The summed E-state index contributed by atoms with van der Waals surface area (Å²) < 4.78 is 12.6. The van der Waals surface area contributed by atoms with Crippen LogP contribution in [0.4, 0.5) is 0 Å². The number of ether oxygens (including phenoxy) is 2. The molecule has 0 radical (unpaired) electrons. The van der Waals surface area contributed by atoms with Gasteiger partial charge in [-0.2, -0.15) is 0 Å². The van der Waals surface area contributed by atoms with Crippen molar-refractivity contribution in [2.75, 3.05) is 26.9 Å². The van der Waals surface area contributed by atoms with Gasteiger partial charge in [-0.15, -0.1) is 0 Å². The van der Waals surface area contributed by atoms with Crippen LogP contribution in [-0.2, 0) is 16.0 Å². The summed E-state index contributed by atoms with van der Waals surface area (Å²) in [5, 5.41) is 0. The number of imidazole rings is 1. The zero-order valence-corrected chi connectivity index (χ0v) is 10.3. The molecule has 1 saturated heterocycles. The standard InChI is InChI=1S/C12H21N3O2/c1-16-5-2-4-15-9-14-7-11(15)12(13)10-3-6-17-8-10/h7,9-10,12H,2-6,8,13H2,1H3. The van der Waals surface area contributed by atoms with Crippen LogP contribution in [0.15, 0.2) is 12.5 Å². The summed E-state index contributed by atoms with van der Waals surface area (Å²) in [6, 6.07) is 0.0301. The molecule has 2 atom stereocenters. The van der Waals surface area contributed by atoms with Crippen molar-refractivity contribution in [3.8, 4) is 0 Å². The molecule has 2 N–H and O–H groups in total. The van der Waals surface area contributed by atoms with Crippen molar-refractivity contribution < 1.29 is 9.47 Å². The van der Waals surface area contributed by atoms with Gasteiger partial charge in [0.15, 0.2) is 0 Å². The zero-order chi connectivity index (χ0) is 12.1. The lowest BCUT2D eigenvalue weighted by Gasteiger charge is -2.19. The Morgan fingerprint density at radius 1 is 1.71 bits per heavy atom. The summed E-state index contributed by atoms with van der Waals surface area (Å²) in [7, 11) is 1.72. The molecule has 5 nitrogen and oxygen atoms in total. The van der Waals surface area contributed by atoms with Gasteiger partial charge < -0.3 is 19.8 Å². The maximum Gasteiger partial charge on any atom is 0.0948 e. The van der Waals surface area contributed by atoms with E-state index in [2.05, 4.69) is 9.55 Å². The normalized spacial score (nSPS) is 21.9. The summed E-state index contributed by atoms with van der Waals surface area (Å²) in [5.41, 5.74) is 7.39. The minimum Gasteiger partial charge on any atom is -0.385 e. The average Bonchev–Trinajstić information content (AvgIpc) is 3.00. The molecule has 2 unspecified atom stereocenters. The van der Waals surface area contributed by atoms with Crippen molar-refractivity contribution >= 4 is 0 Å². The van der Waals surface area contributed by atoms with E-state index in [-0.39, 0.29) is 6.04 Å². The Labute approximate surface area is 102 Å². The smallest absolute Gasteiger partial charge is 0.0948 e. The number of aromatic nitrogens is 2. The molecule has 2 rings (SSSR count). The minimum absolute atomic E-state index is 0.0301. The first-order valence-electron chi connectivity index (χ1n) is 6.15. The molecule has 2 heterocycles. The predicted octanol–water partition coefficient (Wildman–Crippen LogP) is 0.956. The van der Waals surface area contributed by atoms with Gasteiger partial charge in [-0.25, -0.2) is 4.98 Å². The van der Waals surface area contributed by atoms with Crippen LogP contribution in [0.5, 0.6) is 0 Å². The van der Waals surface area contributed by atoms with Gasteiger partial charge in [0.25, 0.3) is 0 Å². The molecule has 0 spiro atoms. The van der Waals surface area contributed by atoms with E-state index in [0.717, 1.165) is 44.9 Å². The van der Waals surface area contributed by atoms with Crippen molar-refractivity contribution in [1.82, 2.24) is 9.55 Å². The molecule has 0 bridgehead atoms. The highest BCUT2D eigenvalue weighted by Gasteiger charge is 2.26. The van der Waals surface area contributed by atoms with Crippen molar-refractivity contribution in [3.63, 3.8) is 0 Å². The number of nitrogens with two attached hydrogens (primary N) is 1. The molecule has 0 aromatic carbocycles. The highest BCUT2D eigenvalue weighted by Crippen LogP contribution is 2.26. The number of methoxy groups -OCH3 is 1. The van der Waals surface area contributed by atoms with Gasteiger partial charge >= 0.3 is 0 Å². The van der Waals surface area contributed by atoms with E-state index in [9.17, 15) is 0 Å². The van der Waals surface area contributed by atoms with Gasteiger partial charge in [-0.05, 0) is 12.8 Å². The van der Waals surface area contributed by atoms with E-state index in [1.165, 1.54) is 0 Å².